The van der Waals surface area contributed by atoms with Gasteiger partial charge in [-0.2, -0.15) is 0 Å². The fourth-order valence-electron chi connectivity index (χ4n) is 1.44. The van der Waals surface area contributed by atoms with E-state index in [1.54, 1.807) is 6.07 Å². The summed E-state index contributed by atoms with van der Waals surface area (Å²) in [6.07, 6.45) is 4.36. The van der Waals surface area contributed by atoms with Crippen LogP contribution >= 0.6 is 12.2 Å². The van der Waals surface area contributed by atoms with Crippen molar-refractivity contribution in [3.63, 3.8) is 0 Å². The smallest absolute Gasteiger partial charge is 0.243 e. The Morgan fingerprint density at radius 3 is 2.89 bits per heavy atom. The largest absolute Gasteiger partial charge is 0.472 e. The molecular formula is C11H11N3O3S2. The van der Waals surface area contributed by atoms with E-state index in [4.69, 9.17) is 22.4 Å². The maximum absolute atomic E-state index is 12.2. The number of nitrogens with two attached hydrogens (primary N) is 1. The summed E-state index contributed by atoms with van der Waals surface area (Å²) < 4.78 is 31.6. The number of hydrogen-bond donors (Lipinski definition) is 2. The summed E-state index contributed by atoms with van der Waals surface area (Å²) in [6.45, 7) is 0.116. The van der Waals surface area contributed by atoms with Crippen LogP contribution in [0.25, 0.3) is 0 Å². The Morgan fingerprint density at radius 1 is 1.47 bits per heavy atom. The van der Waals surface area contributed by atoms with Gasteiger partial charge in [0.2, 0.25) is 10.0 Å². The number of pyridine rings is 1. The minimum Gasteiger partial charge on any atom is -0.472 e. The van der Waals surface area contributed by atoms with E-state index in [1.807, 2.05) is 0 Å². The molecule has 0 saturated carbocycles. The summed E-state index contributed by atoms with van der Waals surface area (Å²) in [5.74, 6) is 0. The highest BCUT2D eigenvalue weighted by atomic mass is 32.2. The Hall–Kier alpha value is -1.77. The number of thiocarbonyl (C=S) groups is 1. The molecule has 0 spiro atoms. The Kier molecular flexibility index (Phi) is 3.93. The van der Waals surface area contributed by atoms with Crippen LogP contribution in [0.1, 0.15) is 11.3 Å². The van der Waals surface area contributed by atoms with Crippen LogP contribution in [-0.2, 0) is 16.6 Å². The summed E-state index contributed by atoms with van der Waals surface area (Å²) in [5.41, 5.74) is 6.26. The van der Waals surface area contributed by atoms with Crippen LogP contribution in [0.5, 0.6) is 0 Å². The lowest BCUT2D eigenvalue weighted by molar-refractivity contribution is 0.561. The van der Waals surface area contributed by atoms with Gasteiger partial charge in [0.15, 0.2) is 0 Å². The molecule has 19 heavy (non-hydrogen) atoms. The molecule has 2 aromatic heterocycles. The van der Waals surface area contributed by atoms with Gasteiger partial charge in [-0.15, -0.1) is 0 Å². The summed E-state index contributed by atoms with van der Waals surface area (Å²) in [5, 5.41) is 0. The highest BCUT2D eigenvalue weighted by molar-refractivity contribution is 7.89. The van der Waals surface area contributed by atoms with E-state index in [-0.39, 0.29) is 22.1 Å². The van der Waals surface area contributed by atoms with Gasteiger partial charge in [-0.1, -0.05) is 12.2 Å². The van der Waals surface area contributed by atoms with Crippen LogP contribution in [0.2, 0.25) is 0 Å². The molecule has 6 nitrogen and oxygen atoms in total. The van der Waals surface area contributed by atoms with Crippen LogP contribution in [0, 0.1) is 0 Å². The molecule has 0 fully saturated rings. The van der Waals surface area contributed by atoms with E-state index in [0.717, 1.165) is 0 Å². The highest BCUT2D eigenvalue weighted by Crippen LogP contribution is 2.13. The minimum atomic E-state index is -3.73. The molecule has 0 aliphatic heterocycles. The normalized spacial score (nSPS) is 11.4. The molecule has 100 valence electrons. The van der Waals surface area contributed by atoms with Crippen LogP contribution in [0.15, 0.2) is 46.2 Å². The van der Waals surface area contributed by atoms with Gasteiger partial charge in [0, 0.05) is 18.3 Å². The molecule has 0 aromatic carbocycles. The van der Waals surface area contributed by atoms with Gasteiger partial charge in [-0.25, -0.2) is 13.1 Å². The molecule has 0 atom stereocenters. The Morgan fingerprint density at radius 2 is 2.26 bits per heavy atom. The van der Waals surface area contributed by atoms with Crippen molar-refractivity contribution in [1.82, 2.24) is 9.71 Å². The van der Waals surface area contributed by atoms with Gasteiger partial charge in [0.05, 0.1) is 12.5 Å². The molecular weight excluding hydrogens is 286 g/mol. The Bertz CT molecular complexity index is 681. The summed E-state index contributed by atoms with van der Waals surface area (Å²) >= 11 is 4.79. The SMILES string of the molecule is NC(=S)c1ncccc1S(=O)(=O)NCc1ccoc1. The first kappa shape index (κ1) is 13.7. The fraction of sp³-hybridized carbons (Fsp3) is 0.0909. The van der Waals surface area contributed by atoms with Crippen molar-refractivity contribution < 1.29 is 12.8 Å². The van der Waals surface area contributed by atoms with Crippen molar-refractivity contribution >= 4 is 27.2 Å². The molecule has 0 saturated heterocycles. The predicted octanol–water partition coefficient (Wildman–Crippen LogP) is 0.787. The van der Waals surface area contributed by atoms with Crippen molar-refractivity contribution in [2.75, 3.05) is 0 Å². The van der Waals surface area contributed by atoms with Gasteiger partial charge >= 0.3 is 0 Å². The first-order chi connectivity index (χ1) is 9.00. The lowest BCUT2D eigenvalue weighted by Crippen LogP contribution is -2.26. The molecule has 0 aliphatic carbocycles. The van der Waals surface area contributed by atoms with Crippen LogP contribution < -0.4 is 10.5 Å². The highest BCUT2D eigenvalue weighted by Gasteiger charge is 2.20. The summed E-state index contributed by atoms with van der Waals surface area (Å²) in [7, 11) is -3.73. The average molecular weight is 297 g/mol. The van der Waals surface area contributed by atoms with E-state index in [0.29, 0.717) is 5.56 Å². The molecule has 2 rings (SSSR count). The second kappa shape index (κ2) is 5.47. The molecule has 0 aliphatic rings. The molecule has 0 bridgehead atoms. The number of sulfonamides is 1. The van der Waals surface area contributed by atoms with Crippen LogP contribution in [0.3, 0.4) is 0 Å². The zero-order valence-electron chi connectivity index (χ0n) is 9.74. The maximum Gasteiger partial charge on any atom is 0.243 e. The first-order valence-corrected chi connectivity index (χ1v) is 7.15. The van der Waals surface area contributed by atoms with Gasteiger partial charge in [-0.05, 0) is 18.2 Å². The molecule has 0 amide bonds. The first-order valence-electron chi connectivity index (χ1n) is 5.26. The molecule has 2 heterocycles. The number of nitrogens with zero attached hydrogens (tertiary/aromatic N) is 1. The van der Waals surface area contributed by atoms with Gasteiger partial charge in [0.1, 0.15) is 15.6 Å². The van der Waals surface area contributed by atoms with Gasteiger partial charge in [-0.3, -0.25) is 4.98 Å². The van der Waals surface area contributed by atoms with Crippen LogP contribution in [-0.4, -0.2) is 18.4 Å². The second-order valence-corrected chi connectivity index (χ2v) is 5.85. The number of rotatable bonds is 5. The van der Waals surface area contributed by atoms with E-state index in [2.05, 4.69) is 9.71 Å². The van der Waals surface area contributed by atoms with E-state index >= 15 is 0 Å². The van der Waals surface area contributed by atoms with E-state index in [1.165, 1.54) is 30.9 Å². The summed E-state index contributed by atoms with van der Waals surface area (Å²) in [6, 6.07) is 4.58. The van der Waals surface area contributed by atoms with Crippen molar-refractivity contribution in [3.8, 4) is 0 Å². The summed E-state index contributed by atoms with van der Waals surface area (Å²) in [4.78, 5) is 3.78. The topological polar surface area (TPSA) is 98.2 Å². The molecule has 0 unspecified atom stereocenters. The van der Waals surface area contributed by atoms with E-state index < -0.39 is 10.0 Å². The van der Waals surface area contributed by atoms with Crippen LogP contribution in [0.4, 0.5) is 0 Å². The monoisotopic (exact) mass is 297 g/mol. The number of nitrogens with one attached hydrogen (secondary N) is 1. The minimum absolute atomic E-state index is 0.0361. The fourth-order valence-corrected chi connectivity index (χ4v) is 2.86. The number of aromatic nitrogens is 1. The number of furan rings is 1. The third kappa shape index (κ3) is 3.16. The third-order valence-corrected chi connectivity index (χ3v) is 3.97. The molecule has 0 radical (unpaired) electrons. The number of hydrogen-bond acceptors (Lipinski definition) is 5. The van der Waals surface area contributed by atoms with Crippen molar-refractivity contribution in [3.05, 3.63) is 48.2 Å². The third-order valence-electron chi connectivity index (χ3n) is 2.34. The quantitative estimate of drug-likeness (QED) is 0.792. The average Bonchev–Trinajstić information content (AvgIpc) is 2.89. The van der Waals surface area contributed by atoms with Gasteiger partial charge < -0.3 is 10.2 Å². The lowest BCUT2D eigenvalue weighted by atomic mass is 10.3. The van der Waals surface area contributed by atoms with E-state index in [9.17, 15) is 8.42 Å². The van der Waals surface area contributed by atoms with Gasteiger partial charge in [0.25, 0.3) is 0 Å². The molecule has 3 N–H and O–H groups in total. The molecule has 2 aromatic rings. The van der Waals surface area contributed by atoms with Crippen molar-refractivity contribution in [2.45, 2.75) is 11.4 Å². The predicted molar refractivity (Wildman–Crippen MR) is 72.9 cm³/mol. The zero-order chi connectivity index (χ0) is 13.9. The molecule has 8 heteroatoms. The Labute approximate surface area is 115 Å². The maximum atomic E-state index is 12.2. The lowest BCUT2D eigenvalue weighted by Gasteiger charge is -2.08. The van der Waals surface area contributed by atoms with Crippen molar-refractivity contribution in [1.29, 1.82) is 0 Å². The zero-order valence-corrected chi connectivity index (χ0v) is 11.4. The second-order valence-electron chi connectivity index (χ2n) is 3.67. The standard InChI is InChI=1S/C11H11N3O3S2/c12-11(18)10-9(2-1-4-13-10)19(15,16)14-6-8-3-5-17-7-8/h1-5,7,14H,6H2,(H2,12,18). The van der Waals surface area contributed by atoms with Crippen molar-refractivity contribution in [2.24, 2.45) is 5.73 Å². The Balaban J connectivity index is 2.27.